The molecule has 5 nitrogen and oxygen atoms in total. The van der Waals surface area contributed by atoms with Gasteiger partial charge in [0.25, 0.3) is 17.7 Å². The first kappa shape index (κ1) is 20.4. The molecule has 2 aromatic rings. The van der Waals surface area contributed by atoms with Gasteiger partial charge in [-0.15, -0.1) is 0 Å². The maximum Gasteiger partial charge on any atom is 0.261 e. The van der Waals surface area contributed by atoms with Crippen LogP contribution < -0.4 is 0 Å². The van der Waals surface area contributed by atoms with E-state index in [1.807, 2.05) is 23.1 Å². The van der Waals surface area contributed by atoms with E-state index < -0.39 is 0 Å². The molecule has 1 saturated carbocycles. The van der Waals surface area contributed by atoms with E-state index in [9.17, 15) is 14.4 Å². The van der Waals surface area contributed by atoms with Gasteiger partial charge in [0, 0.05) is 23.1 Å². The van der Waals surface area contributed by atoms with E-state index in [4.69, 9.17) is 0 Å². The third-order valence-corrected chi connectivity index (χ3v) is 7.43. The van der Waals surface area contributed by atoms with E-state index in [2.05, 4.69) is 15.9 Å². The number of rotatable bonds is 5. The number of halogens is 1. The lowest BCUT2D eigenvalue weighted by molar-refractivity contribution is 0.0493. The molecular weight excluding hydrogens is 456 g/mol. The zero-order chi connectivity index (χ0) is 21.5. The van der Waals surface area contributed by atoms with Crippen LogP contribution in [0.5, 0.6) is 0 Å². The standard InChI is InChI=1S/C25H25BrN2O3/c26-18-10-11-20-17(13-18)14-27(23(20)29)19(12-16-6-2-1-3-7-16)15-28-24(30)21-8-4-5-9-22(21)25(28)31/h4-5,8-11,13,16,19H,1-3,6-7,12,14-15H2/t19-/m1/s1. The number of fused-ring (bicyclic) bond motifs is 2. The summed E-state index contributed by atoms with van der Waals surface area (Å²) in [6.07, 6.45) is 6.82. The first-order valence-corrected chi connectivity index (χ1v) is 11.9. The van der Waals surface area contributed by atoms with Gasteiger partial charge in [-0.3, -0.25) is 19.3 Å². The van der Waals surface area contributed by atoms with Gasteiger partial charge in [0.15, 0.2) is 0 Å². The molecule has 0 N–H and O–H groups in total. The highest BCUT2D eigenvalue weighted by molar-refractivity contribution is 9.10. The quantitative estimate of drug-likeness (QED) is 0.563. The molecule has 0 unspecified atom stereocenters. The summed E-state index contributed by atoms with van der Waals surface area (Å²) < 4.78 is 0.949. The summed E-state index contributed by atoms with van der Waals surface area (Å²) in [7, 11) is 0. The summed E-state index contributed by atoms with van der Waals surface area (Å²) in [5, 5.41) is 0. The van der Waals surface area contributed by atoms with Gasteiger partial charge in [-0.1, -0.05) is 60.2 Å². The Morgan fingerprint density at radius 1 is 0.871 bits per heavy atom. The molecule has 0 bridgehead atoms. The summed E-state index contributed by atoms with van der Waals surface area (Å²) in [4.78, 5) is 42.5. The Bertz CT molecular complexity index is 1030. The van der Waals surface area contributed by atoms with Gasteiger partial charge in [0.1, 0.15) is 0 Å². The average Bonchev–Trinajstić information content (AvgIpc) is 3.23. The second-order valence-corrected chi connectivity index (χ2v) is 9.81. The van der Waals surface area contributed by atoms with Gasteiger partial charge in [0.05, 0.1) is 17.2 Å². The Hall–Kier alpha value is -2.47. The third-order valence-electron chi connectivity index (χ3n) is 6.94. The number of hydrogen-bond acceptors (Lipinski definition) is 3. The van der Waals surface area contributed by atoms with Gasteiger partial charge in [-0.05, 0) is 48.2 Å². The van der Waals surface area contributed by atoms with Crippen molar-refractivity contribution in [3.05, 3.63) is 69.2 Å². The van der Waals surface area contributed by atoms with Gasteiger partial charge < -0.3 is 4.90 Å². The molecule has 3 amide bonds. The second-order valence-electron chi connectivity index (χ2n) is 8.89. The molecule has 2 aromatic carbocycles. The number of hydrogen-bond donors (Lipinski definition) is 0. The Morgan fingerprint density at radius 2 is 1.55 bits per heavy atom. The van der Waals surface area contributed by atoms with Crippen LogP contribution in [0.15, 0.2) is 46.9 Å². The van der Waals surface area contributed by atoms with Crippen LogP contribution in [0.25, 0.3) is 0 Å². The molecular formula is C25H25BrN2O3. The van der Waals surface area contributed by atoms with Gasteiger partial charge in [-0.2, -0.15) is 0 Å². The normalized spacial score (nSPS) is 19.7. The predicted molar refractivity (Wildman–Crippen MR) is 121 cm³/mol. The van der Waals surface area contributed by atoms with Crippen molar-refractivity contribution in [1.82, 2.24) is 9.80 Å². The van der Waals surface area contributed by atoms with Crippen molar-refractivity contribution in [2.45, 2.75) is 51.1 Å². The fourth-order valence-corrected chi connectivity index (χ4v) is 5.74. The molecule has 6 heteroatoms. The van der Waals surface area contributed by atoms with Crippen molar-refractivity contribution in [2.24, 2.45) is 5.92 Å². The SMILES string of the molecule is O=C1c2ccccc2C(=O)N1C[C@@H](CC1CCCCC1)N1Cc2cc(Br)ccc2C1=O. The molecule has 1 fully saturated rings. The smallest absolute Gasteiger partial charge is 0.261 e. The number of nitrogens with zero attached hydrogens (tertiary/aromatic N) is 2. The van der Waals surface area contributed by atoms with Crippen LogP contribution in [0, 0.1) is 5.92 Å². The lowest BCUT2D eigenvalue weighted by Crippen LogP contribution is -2.47. The zero-order valence-electron chi connectivity index (χ0n) is 17.4. The van der Waals surface area contributed by atoms with Gasteiger partial charge >= 0.3 is 0 Å². The Balaban J connectivity index is 1.42. The van der Waals surface area contributed by atoms with Crippen LogP contribution in [0.3, 0.4) is 0 Å². The molecule has 2 aliphatic heterocycles. The predicted octanol–water partition coefficient (Wildman–Crippen LogP) is 5.04. The molecule has 1 atom stereocenters. The summed E-state index contributed by atoms with van der Waals surface area (Å²) in [5.74, 6) is 0.0272. The van der Waals surface area contributed by atoms with Crippen molar-refractivity contribution in [3.63, 3.8) is 0 Å². The third kappa shape index (κ3) is 3.71. The van der Waals surface area contributed by atoms with Crippen molar-refractivity contribution in [1.29, 1.82) is 0 Å². The minimum Gasteiger partial charge on any atom is -0.329 e. The van der Waals surface area contributed by atoms with E-state index in [1.165, 1.54) is 24.2 Å². The molecule has 0 radical (unpaired) electrons. The molecule has 31 heavy (non-hydrogen) atoms. The van der Waals surface area contributed by atoms with Crippen molar-refractivity contribution >= 4 is 33.7 Å². The topological polar surface area (TPSA) is 57.7 Å². The molecule has 0 spiro atoms. The molecule has 3 aliphatic rings. The van der Waals surface area contributed by atoms with Crippen molar-refractivity contribution in [3.8, 4) is 0 Å². The molecule has 5 rings (SSSR count). The number of imide groups is 1. The highest BCUT2D eigenvalue weighted by Crippen LogP contribution is 2.34. The number of carbonyl (C=O) groups excluding carboxylic acids is 3. The lowest BCUT2D eigenvalue weighted by atomic mass is 9.84. The fraction of sp³-hybridized carbons (Fsp3) is 0.400. The lowest BCUT2D eigenvalue weighted by Gasteiger charge is -2.34. The monoisotopic (exact) mass is 480 g/mol. The first-order chi connectivity index (χ1) is 15.0. The number of benzene rings is 2. The molecule has 2 heterocycles. The number of carbonyl (C=O) groups is 3. The molecule has 1 aliphatic carbocycles. The molecule has 0 aromatic heterocycles. The highest BCUT2D eigenvalue weighted by atomic mass is 79.9. The summed E-state index contributed by atoms with van der Waals surface area (Å²) in [6.45, 7) is 0.776. The van der Waals surface area contributed by atoms with Crippen LogP contribution in [0.4, 0.5) is 0 Å². The second kappa shape index (κ2) is 8.23. The Morgan fingerprint density at radius 3 is 2.23 bits per heavy atom. The maximum absolute atomic E-state index is 13.3. The van der Waals surface area contributed by atoms with Gasteiger partial charge in [0.2, 0.25) is 0 Å². The van der Waals surface area contributed by atoms with E-state index >= 15 is 0 Å². The van der Waals surface area contributed by atoms with Crippen molar-refractivity contribution < 1.29 is 14.4 Å². The van der Waals surface area contributed by atoms with Crippen LogP contribution in [-0.4, -0.2) is 40.1 Å². The first-order valence-electron chi connectivity index (χ1n) is 11.1. The zero-order valence-corrected chi connectivity index (χ0v) is 18.9. The van der Waals surface area contributed by atoms with E-state index in [1.54, 1.807) is 24.3 Å². The summed E-state index contributed by atoms with van der Waals surface area (Å²) >= 11 is 3.50. The van der Waals surface area contributed by atoms with Crippen LogP contribution in [0.2, 0.25) is 0 Å². The van der Waals surface area contributed by atoms with Crippen molar-refractivity contribution in [2.75, 3.05) is 6.54 Å². The van der Waals surface area contributed by atoms with E-state index in [0.717, 1.165) is 34.9 Å². The minimum absolute atomic E-state index is 0.0000755. The minimum atomic E-state index is -0.249. The summed E-state index contributed by atoms with van der Waals surface area (Å²) in [5.41, 5.74) is 2.64. The van der Waals surface area contributed by atoms with Crippen LogP contribution >= 0.6 is 15.9 Å². The Kier molecular flexibility index (Phi) is 5.42. The fourth-order valence-electron chi connectivity index (χ4n) is 5.33. The van der Waals surface area contributed by atoms with Gasteiger partial charge in [-0.25, -0.2) is 0 Å². The molecule has 0 saturated heterocycles. The summed E-state index contributed by atoms with van der Waals surface area (Å²) in [6, 6.07) is 12.6. The van der Waals surface area contributed by atoms with Crippen LogP contribution in [0.1, 0.15) is 75.2 Å². The number of amides is 3. The van der Waals surface area contributed by atoms with Crippen LogP contribution in [-0.2, 0) is 6.54 Å². The highest BCUT2D eigenvalue weighted by Gasteiger charge is 2.40. The maximum atomic E-state index is 13.3. The van der Waals surface area contributed by atoms with E-state index in [0.29, 0.717) is 23.6 Å². The molecule has 160 valence electrons. The largest absolute Gasteiger partial charge is 0.329 e. The van der Waals surface area contributed by atoms with E-state index in [-0.39, 0.29) is 30.3 Å². The average molecular weight is 481 g/mol. The Labute approximate surface area is 190 Å².